The molecule has 0 amide bonds. The molecule has 0 aliphatic rings. The molecule has 0 unspecified atom stereocenters. The first kappa shape index (κ1) is 20.0. The van der Waals surface area contributed by atoms with Gasteiger partial charge in [0.25, 0.3) is 0 Å². The topological polar surface area (TPSA) is 72.7 Å². The van der Waals surface area contributed by atoms with Gasteiger partial charge in [-0.25, -0.2) is 4.79 Å². The van der Waals surface area contributed by atoms with Gasteiger partial charge in [0.15, 0.2) is 0 Å². The Labute approximate surface area is 131 Å². The molecule has 1 N–H and O–H groups in total. The van der Waals surface area contributed by atoms with Crippen molar-refractivity contribution in [3.8, 4) is 0 Å². The standard InChI is InChI=1S/C13H23NO3.Na/c1-2-3-4-5-6-7-8-11-14-12(15)9-10-13(16)17;/h9-10H,2-8,11H2,1H3,(H,14,15)(H,16,17);/q;+1/p-1/b10-9+;. The van der Waals surface area contributed by atoms with Gasteiger partial charge in [0, 0.05) is 12.6 Å². The molecule has 0 aliphatic carbocycles. The summed E-state index contributed by atoms with van der Waals surface area (Å²) in [4.78, 5) is 13.9. The molecular weight excluding hydrogens is 241 g/mol. The Balaban J connectivity index is 0. The van der Waals surface area contributed by atoms with Gasteiger partial charge in [0.05, 0.1) is 0 Å². The van der Waals surface area contributed by atoms with E-state index in [1.165, 1.54) is 32.1 Å². The van der Waals surface area contributed by atoms with Crippen LogP contribution in [0.3, 0.4) is 0 Å². The van der Waals surface area contributed by atoms with Gasteiger partial charge in [-0.1, -0.05) is 45.4 Å². The van der Waals surface area contributed by atoms with E-state index in [2.05, 4.69) is 11.9 Å². The van der Waals surface area contributed by atoms with Crippen LogP contribution in [0.15, 0.2) is 17.1 Å². The van der Waals surface area contributed by atoms with E-state index in [0.29, 0.717) is 6.54 Å². The summed E-state index contributed by atoms with van der Waals surface area (Å²) in [6.45, 7) is 2.69. The first-order valence-electron chi connectivity index (χ1n) is 6.29. The fraction of sp³-hybridized carbons (Fsp3) is 0.692. The maximum Gasteiger partial charge on any atom is 1.00 e. The third-order valence-electron chi connectivity index (χ3n) is 2.40. The van der Waals surface area contributed by atoms with Crippen molar-refractivity contribution in [2.24, 2.45) is 4.99 Å². The molecule has 0 rings (SSSR count). The van der Waals surface area contributed by atoms with Gasteiger partial charge >= 0.3 is 35.5 Å². The minimum Gasteiger partial charge on any atom is -0.859 e. The summed E-state index contributed by atoms with van der Waals surface area (Å²) in [5.41, 5.74) is 0. The molecule has 0 saturated carbocycles. The van der Waals surface area contributed by atoms with Crippen molar-refractivity contribution in [2.45, 2.75) is 51.9 Å². The summed E-state index contributed by atoms with van der Waals surface area (Å²) in [6.07, 6.45) is 10.1. The molecule has 18 heavy (non-hydrogen) atoms. The second-order valence-electron chi connectivity index (χ2n) is 4.01. The molecular formula is C13H22NNaO3. The van der Waals surface area contributed by atoms with E-state index in [1.807, 2.05) is 0 Å². The zero-order chi connectivity index (χ0) is 12.9. The summed E-state index contributed by atoms with van der Waals surface area (Å²) < 4.78 is 0. The number of carboxylic acid groups (broad SMARTS) is 1. The number of carboxylic acids is 1. The summed E-state index contributed by atoms with van der Waals surface area (Å²) in [5.74, 6) is -1.58. The van der Waals surface area contributed by atoms with Crippen molar-refractivity contribution in [2.75, 3.05) is 6.54 Å². The maximum absolute atomic E-state index is 11.0. The van der Waals surface area contributed by atoms with Crippen molar-refractivity contribution in [1.29, 1.82) is 0 Å². The predicted molar refractivity (Wildman–Crippen MR) is 67.1 cm³/mol. The van der Waals surface area contributed by atoms with Crippen LogP contribution in [0, 0.1) is 0 Å². The van der Waals surface area contributed by atoms with Gasteiger partial charge in [0.2, 0.25) is 0 Å². The molecule has 5 heteroatoms. The van der Waals surface area contributed by atoms with Crippen molar-refractivity contribution < 1.29 is 44.6 Å². The third-order valence-corrected chi connectivity index (χ3v) is 2.40. The Morgan fingerprint density at radius 3 is 2.22 bits per heavy atom. The molecule has 0 heterocycles. The van der Waals surface area contributed by atoms with Crippen LogP contribution in [0.4, 0.5) is 0 Å². The van der Waals surface area contributed by atoms with E-state index < -0.39 is 11.9 Å². The predicted octanol–water partition coefficient (Wildman–Crippen LogP) is -0.859. The van der Waals surface area contributed by atoms with Crippen LogP contribution in [-0.4, -0.2) is 23.5 Å². The van der Waals surface area contributed by atoms with Gasteiger partial charge in [0.1, 0.15) is 0 Å². The number of aliphatic carboxylic acids is 1. The smallest absolute Gasteiger partial charge is 0.859 e. The molecule has 0 aliphatic heterocycles. The third kappa shape index (κ3) is 15.7. The first-order chi connectivity index (χ1) is 8.16. The minimum atomic E-state index is -1.12. The number of rotatable bonds is 10. The Bertz CT molecular complexity index is 265. The number of hydrogen-bond acceptors (Lipinski definition) is 3. The number of nitrogens with zero attached hydrogens (tertiary/aromatic N) is 1. The fourth-order valence-corrected chi connectivity index (χ4v) is 1.45. The molecule has 0 saturated heterocycles. The molecule has 0 fully saturated rings. The van der Waals surface area contributed by atoms with Crippen LogP contribution < -0.4 is 34.7 Å². The largest absolute Gasteiger partial charge is 1.00 e. The van der Waals surface area contributed by atoms with Crippen LogP contribution >= 0.6 is 0 Å². The van der Waals surface area contributed by atoms with Crippen LogP contribution in [0.1, 0.15) is 51.9 Å². The van der Waals surface area contributed by atoms with E-state index in [-0.39, 0.29) is 29.6 Å². The maximum atomic E-state index is 11.0. The van der Waals surface area contributed by atoms with Gasteiger partial charge in [-0.3, -0.25) is 0 Å². The Morgan fingerprint density at radius 2 is 1.67 bits per heavy atom. The zero-order valence-corrected chi connectivity index (χ0v) is 13.5. The summed E-state index contributed by atoms with van der Waals surface area (Å²) in [5, 5.41) is 19.3. The van der Waals surface area contributed by atoms with Crippen molar-refractivity contribution >= 4 is 11.9 Å². The molecule has 0 aromatic carbocycles. The van der Waals surface area contributed by atoms with E-state index in [0.717, 1.165) is 25.0 Å². The molecule has 0 aromatic heterocycles. The zero-order valence-electron chi connectivity index (χ0n) is 11.5. The van der Waals surface area contributed by atoms with E-state index in [9.17, 15) is 9.90 Å². The molecule has 4 nitrogen and oxygen atoms in total. The van der Waals surface area contributed by atoms with Crippen LogP contribution in [0.2, 0.25) is 0 Å². The van der Waals surface area contributed by atoms with E-state index in [1.54, 1.807) is 0 Å². The molecule has 0 aromatic rings. The first-order valence-corrected chi connectivity index (χ1v) is 6.29. The number of carbonyl (C=O) groups is 1. The monoisotopic (exact) mass is 263 g/mol. The number of hydrogen-bond donors (Lipinski definition) is 1. The molecule has 0 spiro atoms. The average Bonchev–Trinajstić information content (AvgIpc) is 2.30. The summed E-state index contributed by atoms with van der Waals surface area (Å²) in [6, 6.07) is 0. The Kier molecular flexibility index (Phi) is 16.4. The Hall–Kier alpha value is -0.320. The molecule has 0 bridgehead atoms. The van der Waals surface area contributed by atoms with Crippen LogP contribution in [-0.2, 0) is 4.79 Å². The van der Waals surface area contributed by atoms with Gasteiger partial charge < -0.3 is 15.2 Å². The molecule has 98 valence electrons. The quantitative estimate of drug-likeness (QED) is 0.183. The van der Waals surface area contributed by atoms with E-state index in [4.69, 9.17) is 5.11 Å². The minimum absolute atomic E-state index is 0. The van der Waals surface area contributed by atoms with Gasteiger partial charge in [-0.15, -0.1) is 0 Å². The second kappa shape index (κ2) is 14.7. The summed E-state index contributed by atoms with van der Waals surface area (Å²) in [7, 11) is 0. The van der Waals surface area contributed by atoms with Crippen LogP contribution in [0.5, 0.6) is 0 Å². The average molecular weight is 263 g/mol. The van der Waals surface area contributed by atoms with Crippen LogP contribution in [0.25, 0.3) is 0 Å². The Morgan fingerprint density at radius 1 is 1.11 bits per heavy atom. The second-order valence-corrected chi connectivity index (χ2v) is 4.01. The van der Waals surface area contributed by atoms with Crippen molar-refractivity contribution in [3.05, 3.63) is 12.2 Å². The molecule has 0 atom stereocenters. The number of unbranched alkanes of at least 4 members (excludes halogenated alkanes) is 6. The SMILES string of the molecule is CCCCCCCCCN=C([O-])/C=C/C(=O)O.[Na+]. The fourth-order valence-electron chi connectivity index (χ4n) is 1.45. The van der Waals surface area contributed by atoms with Gasteiger partial charge in [-0.2, -0.15) is 0 Å². The van der Waals surface area contributed by atoms with Crippen molar-refractivity contribution in [3.63, 3.8) is 0 Å². The summed E-state index contributed by atoms with van der Waals surface area (Å²) >= 11 is 0. The normalized spacial score (nSPS) is 11.5. The van der Waals surface area contributed by atoms with E-state index >= 15 is 0 Å². The number of aliphatic imine (C=N–C) groups is 1. The van der Waals surface area contributed by atoms with Gasteiger partial charge in [-0.05, 0) is 18.4 Å². The molecule has 0 radical (unpaired) electrons. The van der Waals surface area contributed by atoms with Crippen molar-refractivity contribution in [1.82, 2.24) is 0 Å².